The Kier molecular flexibility index (Phi) is 4.76. The summed E-state index contributed by atoms with van der Waals surface area (Å²) >= 11 is 0. The van der Waals surface area contributed by atoms with Crippen molar-refractivity contribution in [3.63, 3.8) is 0 Å². The third-order valence-corrected chi connectivity index (χ3v) is 3.61. The highest BCUT2D eigenvalue weighted by atomic mass is 16.1. The fourth-order valence-electron chi connectivity index (χ4n) is 2.54. The summed E-state index contributed by atoms with van der Waals surface area (Å²) in [6.45, 7) is 3.89. The monoisotopic (exact) mass is 246 g/mol. The summed E-state index contributed by atoms with van der Waals surface area (Å²) in [7, 11) is 0. The zero-order chi connectivity index (χ0) is 12.8. The summed E-state index contributed by atoms with van der Waals surface area (Å²) in [4.78, 5) is 12.2. The van der Waals surface area contributed by atoms with Crippen LogP contribution in [0.4, 0.5) is 0 Å². The van der Waals surface area contributed by atoms with Gasteiger partial charge < -0.3 is 10.6 Å². The zero-order valence-corrected chi connectivity index (χ0v) is 11.0. The molecule has 1 aliphatic heterocycles. The fourth-order valence-corrected chi connectivity index (χ4v) is 2.54. The average molecular weight is 246 g/mol. The summed E-state index contributed by atoms with van der Waals surface area (Å²) in [6, 6.07) is 10.5. The number of hydrogen-bond acceptors (Lipinski definition) is 2. The minimum atomic E-state index is -0.0207. The van der Waals surface area contributed by atoms with E-state index in [2.05, 4.69) is 17.6 Å². The smallest absolute Gasteiger partial charge is 0.227 e. The van der Waals surface area contributed by atoms with E-state index in [1.807, 2.05) is 30.3 Å². The highest BCUT2D eigenvalue weighted by Gasteiger charge is 2.20. The van der Waals surface area contributed by atoms with Gasteiger partial charge in [-0.25, -0.2) is 0 Å². The molecule has 3 heteroatoms. The first-order valence-corrected chi connectivity index (χ1v) is 6.87. The summed E-state index contributed by atoms with van der Waals surface area (Å²) in [5.41, 5.74) is 1.11. The van der Waals surface area contributed by atoms with E-state index in [-0.39, 0.29) is 11.8 Å². The number of carbonyl (C=O) groups is 1. The molecule has 2 unspecified atom stereocenters. The normalized spacial score (nSPS) is 20.6. The molecule has 2 atom stereocenters. The Labute approximate surface area is 109 Å². The molecule has 0 aliphatic carbocycles. The summed E-state index contributed by atoms with van der Waals surface area (Å²) in [6.07, 6.45) is 3.23. The van der Waals surface area contributed by atoms with E-state index in [1.165, 1.54) is 12.8 Å². The first-order chi connectivity index (χ1) is 8.81. The number of benzene rings is 1. The molecule has 0 saturated carbocycles. The van der Waals surface area contributed by atoms with E-state index in [4.69, 9.17) is 0 Å². The Balaban J connectivity index is 1.89. The van der Waals surface area contributed by atoms with Crippen molar-refractivity contribution in [1.29, 1.82) is 0 Å². The molecular weight excluding hydrogens is 224 g/mol. The van der Waals surface area contributed by atoms with Crippen LogP contribution < -0.4 is 10.6 Å². The van der Waals surface area contributed by atoms with E-state index in [0.717, 1.165) is 25.1 Å². The van der Waals surface area contributed by atoms with Crippen LogP contribution >= 0.6 is 0 Å². The van der Waals surface area contributed by atoms with Crippen molar-refractivity contribution >= 4 is 5.91 Å². The Hall–Kier alpha value is -1.35. The van der Waals surface area contributed by atoms with Gasteiger partial charge in [0.05, 0.1) is 5.92 Å². The Morgan fingerprint density at radius 1 is 1.44 bits per heavy atom. The first-order valence-electron chi connectivity index (χ1n) is 6.87. The lowest BCUT2D eigenvalue weighted by atomic mass is 9.95. The summed E-state index contributed by atoms with van der Waals surface area (Å²) in [5.74, 6) is 0.130. The van der Waals surface area contributed by atoms with Gasteiger partial charge in [-0.05, 0) is 31.4 Å². The van der Waals surface area contributed by atoms with E-state index < -0.39 is 0 Å². The fraction of sp³-hybridized carbons (Fsp3) is 0.533. The molecule has 1 heterocycles. The van der Waals surface area contributed by atoms with Crippen molar-refractivity contribution in [2.24, 2.45) is 0 Å². The van der Waals surface area contributed by atoms with Crippen LogP contribution in [-0.4, -0.2) is 25.0 Å². The van der Waals surface area contributed by atoms with E-state index in [0.29, 0.717) is 6.04 Å². The maximum Gasteiger partial charge on any atom is 0.227 e. The minimum absolute atomic E-state index is 0.0207. The van der Waals surface area contributed by atoms with E-state index in [1.54, 1.807) is 0 Å². The largest absolute Gasteiger partial charge is 0.354 e. The van der Waals surface area contributed by atoms with Crippen LogP contribution in [0, 0.1) is 0 Å². The van der Waals surface area contributed by atoms with Crippen molar-refractivity contribution in [3.05, 3.63) is 35.9 Å². The molecule has 2 rings (SSSR count). The summed E-state index contributed by atoms with van der Waals surface area (Å²) < 4.78 is 0. The maximum absolute atomic E-state index is 12.2. The molecule has 1 aromatic carbocycles. The predicted molar refractivity (Wildman–Crippen MR) is 73.5 cm³/mol. The number of rotatable bonds is 5. The highest BCUT2D eigenvalue weighted by Crippen LogP contribution is 2.19. The first kappa shape index (κ1) is 13.1. The number of carbonyl (C=O) groups excluding carboxylic acids is 1. The lowest BCUT2D eigenvalue weighted by molar-refractivity contribution is -0.122. The molecule has 0 spiro atoms. The SMILES string of the molecule is CCC(C(=O)NCC1CCCN1)c1ccccc1. The molecular formula is C15H22N2O. The molecule has 0 bridgehead atoms. The molecule has 1 aromatic rings. The lowest BCUT2D eigenvalue weighted by Gasteiger charge is -2.17. The van der Waals surface area contributed by atoms with Crippen LogP contribution in [0.25, 0.3) is 0 Å². The molecule has 0 radical (unpaired) electrons. The number of amides is 1. The quantitative estimate of drug-likeness (QED) is 0.835. The van der Waals surface area contributed by atoms with Crippen molar-refractivity contribution in [1.82, 2.24) is 10.6 Å². The van der Waals surface area contributed by atoms with Gasteiger partial charge in [0.25, 0.3) is 0 Å². The third kappa shape index (κ3) is 3.33. The molecule has 2 N–H and O–H groups in total. The predicted octanol–water partition coefficient (Wildman–Crippen LogP) is 2.05. The van der Waals surface area contributed by atoms with Gasteiger partial charge in [0.2, 0.25) is 5.91 Å². The van der Waals surface area contributed by atoms with Gasteiger partial charge in [-0.15, -0.1) is 0 Å². The lowest BCUT2D eigenvalue weighted by Crippen LogP contribution is -2.39. The second-order valence-electron chi connectivity index (χ2n) is 4.91. The second-order valence-corrected chi connectivity index (χ2v) is 4.91. The molecule has 0 aromatic heterocycles. The van der Waals surface area contributed by atoms with Crippen LogP contribution in [0.5, 0.6) is 0 Å². The summed E-state index contributed by atoms with van der Waals surface area (Å²) in [5, 5.41) is 6.47. The van der Waals surface area contributed by atoms with Gasteiger partial charge in [-0.1, -0.05) is 37.3 Å². The molecule has 1 fully saturated rings. The average Bonchev–Trinajstić information content (AvgIpc) is 2.92. The highest BCUT2D eigenvalue weighted by molar-refractivity contribution is 5.83. The zero-order valence-electron chi connectivity index (χ0n) is 11.0. The van der Waals surface area contributed by atoms with Gasteiger partial charge in [0.15, 0.2) is 0 Å². The van der Waals surface area contributed by atoms with Gasteiger partial charge in [-0.3, -0.25) is 4.79 Å². The molecule has 98 valence electrons. The standard InChI is InChI=1S/C15H22N2O/c1-2-14(12-7-4-3-5-8-12)15(18)17-11-13-9-6-10-16-13/h3-5,7-8,13-14,16H,2,6,9-11H2,1H3,(H,17,18). The van der Waals surface area contributed by atoms with Gasteiger partial charge in [0.1, 0.15) is 0 Å². The van der Waals surface area contributed by atoms with Crippen LogP contribution in [0.3, 0.4) is 0 Å². The van der Waals surface area contributed by atoms with Gasteiger partial charge >= 0.3 is 0 Å². The number of nitrogens with one attached hydrogen (secondary N) is 2. The van der Waals surface area contributed by atoms with Crippen LogP contribution in [0.1, 0.15) is 37.7 Å². The van der Waals surface area contributed by atoms with Crippen molar-refractivity contribution in [2.45, 2.75) is 38.1 Å². The molecule has 3 nitrogen and oxygen atoms in total. The molecule has 1 aliphatic rings. The van der Waals surface area contributed by atoms with Crippen LogP contribution in [0.2, 0.25) is 0 Å². The third-order valence-electron chi connectivity index (χ3n) is 3.61. The van der Waals surface area contributed by atoms with E-state index in [9.17, 15) is 4.79 Å². The molecule has 1 saturated heterocycles. The minimum Gasteiger partial charge on any atom is -0.354 e. The Bertz CT molecular complexity index is 371. The topological polar surface area (TPSA) is 41.1 Å². The van der Waals surface area contributed by atoms with Gasteiger partial charge in [0, 0.05) is 12.6 Å². The second kappa shape index (κ2) is 6.55. The Morgan fingerprint density at radius 3 is 2.83 bits per heavy atom. The van der Waals surface area contributed by atoms with Crippen molar-refractivity contribution < 1.29 is 4.79 Å². The van der Waals surface area contributed by atoms with E-state index >= 15 is 0 Å². The van der Waals surface area contributed by atoms with Gasteiger partial charge in [-0.2, -0.15) is 0 Å². The maximum atomic E-state index is 12.2. The molecule has 18 heavy (non-hydrogen) atoms. The van der Waals surface area contributed by atoms with Crippen LogP contribution in [0.15, 0.2) is 30.3 Å². The number of hydrogen-bond donors (Lipinski definition) is 2. The van der Waals surface area contributed by atoms with Crippen molar-refractivity contribution in [2.75, 3.05) is 13.1 Å². The Morgan fingerprint density at radius 2 is 2.22 bits per heavy atom. The molecule has 1 amide bonds. The van der Waals surface area contributed by atoms with Crippen LogP contribution in [-0.2, 0) is 4.79 Å². The van der Waals surface area contributed by atoms with Crippen molar-refractivity contribution in [3.8, 4) is 0 Å².